The van der Waals surface area contributed by atoms with Gasteiger partial charge in [-0.2, -0.15) is 5.10 Å². The minimum absolute atomic E-state index is 0.238. The van der Waals surface area contributed by atoms with Crippen molar-refractivity contribution in [2.24, 2.45) is 0 Å². The highest BCUT2D eigenvalue weighted by atomic mass is 16.2. The molecule has 2 N–H and O–H groups in total. The van der Waals surface area contributed by atoms with E-state index in [0.29, 0.717) is 6.54 Å². The molecule has 1 fully saturated rings. The number of hydrogen-bond acceptors (Lipinski definition) is 5. The molecule has 0 aliphatic carbocycles. The maximum absolute atomic E-state index is 11.9. The van der Waals surface area contributed by atoms with Crippen molar-refractivity contribution in [2.45, 2.75) is 12.8 Å². The van der Waals surface area contributed by atoms with E-state index in [0.717, 1.165) is 45.6 Å². The molecule has 7 nitrogen and oxygen atoms in total. The molecule has 138 valence electrons. The number of aromatic amines is 1. The van der Waals surface area contributed by atoms with Crippen LogP contribution in [-0.4, -0.2) is 60.3 Å². The van der Waals surface area contributed by atoms with E-state index in [1.54, 1.807) is 0 Å². The summed E-state index contributed by atoms with van der Waals surface area (Å²) >= 11 is 0. The number of carbonyl (C=O) groups is 1. The van der Waals surface area contributed by atoms with Crippen molar-refractivity contribution in [1.29, 1.82) is 0 Å². The quantitative estimate of drug-likeness (QED) is 0.727. The zero-order valence-corrected chi connectivity index (χ0v) is 14.9. The van der Waals surface area contributed by atoms with Crippen LogP contribution in [-0.2, 0) is 0 Å². The van der Waals surface area contributed by atoms with Crippen molar-refractivity contribution < 1.29 is 4.79 Å². The summed E-state index contributed by atoms with van der Waals surface area (Å²) in [6, 6.07) is 13.3. The van der Waals surface area contributed by atoms with Gasteiger partial charge in [-0.3, -0.25) is 14.5 Å². The number of piperazine rings is 1. The summed E-state index contributed by atoms with van der Waals surface area (Å²) in [6.07, 6.45) is 1.97. The Labute approximate surface area is 153 Å². The Morgan fingerprint density at radius 2 is 1.81 bits per heavy atom. The summed E-state index contributed by atoms with van der Waals surface area (Å²) in [7, 11) is 0. The van der Waals surface area contributed by atoms with Crippen molar-refractivity contribution >= 4 is 11.6 Å². The van der Waals surface area contributed by atoms with E-state index >= 15 is 0 Å². The summed E-state index contributed by atoms with van der Waals surface area (Å²) in [4.78, 5) is 27.7. The number of nitrogens with zero attached hydrogens (tertiary/aromatic N) is 3. The average molecular weight is 355 g/mol. The molecule has 1 aromatic carbocycles. The van der Waals surface area contributed by atoms with Crippen LogP contribution in [0.1, 0.15) is 23.3 Å². The number of para-hydroxylation sites is 1. The van der Waals surface area contributed by atoms with Gasteiger partial charge < -0.3 is 10.2 Å². The molecule has 1 aromatic heterocycles. The standard InChI is InChI=1S/C19H25N5O2/c25-18-9-8-17(21-22-18)19(26)20-10-4-5-11-23-12-14-24(15-13-23)16-6-2-1-3-7-16/h1-3,6-9H,4-5,10-15H2,(H,20,26)(H,22,25). The Bertz CT molecular complexity index is 734. The van der Waals surface area contributed by atoms with Crippen LogP contribution in [0.15, 0.2) is 47.3 Å². The fourth-order valence-corrected chi connectivity index (χ4v) is 3.09. The van der Waals surface area contributed by atoms with Crippen LogP contribution in [0.5, 0.6) is 0 Å². The molecule has 0 saturated carbocycles. The van der Waals surface area contributed by atoms with Crippen LogP contribution in [0.3, 0.4) is 0 Å². The van der Waals surface area contributed by atoms with Crippen molar-refractivity contribution in [1.82, 2.24) is 20.4 Å². The fourth-order valence-electron chi connectivity index (χ4n) is 3.09. The van der Waals surface area contributed by atoms with Crippen LogP contribution in [0.2, 0.25) is 0 Å². The monoisotopic (exact) mass is 355 g/mol. The van der Waals surface area contributed by atoms with Crippen molar-refractivity contribution in [3.63, 3.8) is 0 Å². The highest BCUT2D eigenvalue weighted by Crippen LogP contribution is 2.15. The normalized spacial score (nSPS) is 15.0. The van der Waals surface area contributed by atoms with Crippen molar-refractivity contribution in [3.8, 4) is 0 Å². The number of anilines is 1. The fraction of sp³-hybridized carbons (Fsp3) is 0.421. The number of aromatic nitrogens is 2. The van der Waals surface area contributed by atoms with Crippen molar-refractivity contribution in [3.05, 3.63) is 58.5 Å². The maximum atomic E-state index is 11.9. The minimum Gasteiger partial charge on any atom is -0.369 e. The molecule has 0 spiro atoms. The molecule has 1 aliphatic rings. The Morgan fingerprint density at radius 3 is 2.50 bits per heavy atom. The first-order valence-electron chi connectivity index (χ1n) is 9.09. The largest absolute Gasteiger partial charge is 0.369 e. The van der Waals surface area contributed by atoms with E-state index in [1.165, 1.54) is 17.8 Å². The lowest BCUT2D eigenvalue weighted by molar-refractivity contribution is 0.0946. The molecule has 1 aliphatic heterocycles. The van der Waals surface area contributed by atoms with Gasteiger partial charge in [-0.05, 0) is 37.6 Å². The molecular formula is C19H25N5O2. The van der Waals surface area contributed by atoms with E-state index in [4.69, 9.17) is 0 Å². The first-order chi connectivity index (χ1) is 12.7. The molecule has 0 atom stereocenters. The third-order valence-corrected chi connectivity index (χ3v) is 4.59. The van der Waals surface area contributed by atoms with E-state index < -0.39 is 0 Å². The lowest BCUT2D eigenvalue weighted by Crippen LogP contribution is -2.46. The first kappa shape index (κ1) is 18.1. The molecule has 1 amide bonds. The van der Waals surface area contributed by atoms with E-state index in [9.17, 15) is 9.59 Å². The van der Waals surface area contributed by atoms with Crippen LogP contribution in [0, 0.1) is 0 Å². The van der Waals surface area contributed by atoms with E-state index in [-0.39, 0.29) is 17.2 Å². The van der Waals surface area contributed by atoms with E-state index in [2.05, 4.69) is 49.6 Å². The molecule has 2 heterocycles. The molecule has 0 unspecified atom stereocenters. The second-order valence-corrected chi connectivity index (χ2v) is 6.43. The Kier molecular flexibility index (Phi) is 6.38. The summed E-state index contributed by atoms with van der Waals surface area (Å²) in [5, 5.41) is 8.82. The van der Waals surface area contributed by atoms with Gasteiger partial charge in [0.05, 0.1) is 0 Å². The number of amides is 1. The second-order valence-electron chi connectivity index (χ2n) is 6.43. The lowest BCUT2D eigenvalue weighted by Gasteiger charge is -2.36. The van der Waals surface area contributed by atoms with Gasteiger partial charge in [0.15, 0.2) is 0 Å². The number of benzene rings is 1. The van der Waals surface area contributed by atoms with Gasteiger partial charge in [-0.15, -0.1) is 0 Å². The maximum Gasteiger partial charge on any atom is 0.271 e. The predicted octanol–water partition coefficient (Wildman–Crippen LogP) is 1.10. The smallest absolute Gasteiger partial charge is 0.271 e. The Hall–Kier alpha value is -2.67. The molecule has 7 heteroatoms. The summed E-state index contributed by atoms with van der Waals surface area (Å²) in [6.45, 7) is 5.92. The number of hydrogen-bond donors (Lipinski definition) is 2. The highest BCUT2D eigenvalue weighted by Gasteiger charge is 2.16. The Morgan fingerprint density at radius 1 is 1.04 bits per heavy atom. The van der Waals surface area contributed by atoms with E-state index in [1.807, 2.05) is 6.07 Å². The van der Waals surface area contributed by atoms with Crippen LogP contribution < -0.4 is 15.8 Å². The molecule has 0 radical (unpaired) electrons. The number of nitrogens with one attached hydrogen (secondary N) is 2. The van der Waals surface area contributed by atoms with Crippen molar-refractivity contribution in [2.75, 3.05) is 44.2 Å². The summed E-state index contributed by atoms with van der Waals surface area (Å²) in [5.74, 6) is -0.252. The molecule has 2 aromatic rings. The summed E-state index contributed by atoms with van der Waals surface area (Å²) in [5.41, 5.74) is 1.22. The number of carbonyl (C=O) groups excluding carboxylic acids is 1. The predicted molar refractivity (Wildman–Crippen MR) is 102 cm³/mol. The molecular weight excluding hydrogens is 330 g/mol. The van der Waals surface area contributed by atoms with Gasteiger partial charge in [-0.25, -0.2) is 5.10 Å². The van der Waals surface area contributed by atoms with Crippen LogP contribution in [0.25, 0.3) is 0 Å². The van der Waals surface area contributed by atoms with Crippen LogP contribution in [0.4, 0.5) is 5.69 Å². The topological polar surface area (TPSA) is 81.3 Å². The minimum atomic E-state index is -0.311. The Balaban J connectivity index is 1.29. The van der Waals surface area contributed by atoms with Gasteiger partial charge in [0.25, 0.3) is 11.5 Å². The first-order valence-corrected chi connectivity index (χ1v) is 9.09. The lowest BCUT2D eigenvalue weighted by atomic mass is 10.2. The highest BCUT2D eigenvalue weighted by molar-refractivity contribution is 5.91. The summed E-state index contributed by atoms with van der Waals surface area (Å²) < 4.78 is 0. The zero-order chi connectivity index (χ0) is 18.2. The van der Waals surface area contributed by atoms with Gasteiger partial charge >= 0.3 is 0 Å². The van der Waals surface area contributed by atoms with Gasteiger partial charge in [0, 0.05) is 44.5 Å². The molecule has 0 bridgehead atoms. The second kappa shape index (κ2) is 9.15. The third-order valence-electron chi connectivity index (χ3n) is 4.59. The van der Waals surface area contributed by atoms with Gasteiger partial charge in [-0.1, -0.05) is 18.2 Å². The number of H-pyrrole nitrogens is 1. The van der Waals surface area contributed by atoms with Crippen LogP contribution >= 0.6 is 0 Å². The van der Waals surface area contributed by atoms with Gasteiger partial charge in [0.1, 0.15) is 5.69 Å². The van der Waals surface area contributed by atoms with Gasteiger partial charge in [0.2, 0.25) is 0 Å². The number of unbranched alkanes of at least 4 members (excludes halogenated alkanes) is 1. The number of rotatable bonds is 7. The SMILES string of the molecule is O=C(NCCCCN1CCN(c2ccccc2)CC1)c1ccc(=O)[nH]n1. The third kappa shape index (κ3) is 5.16. The molecule has 26 heavy (non-hydrogen) atoms. The zero-order valence-electron chi connectivity index (χ0n) is 14.9. The average Bonchev–Trinajstić information content (AvgIpc) is 2.69. The molecule has 3 rings (SSSR count). The molecule has 1 saturated heterocycles.